The summed E-state index contributed by atoms with van der Waals surface area (Å²) in [5.41, 5.74) is 1.32. The van der Waals surface area contributed by atoms with E-state index >= 15 is 0 Å². The first kappa shape index (κ1) is 24.3. The van der Waals surface area contributed by atoms with Gasteiger partial charge in [0.25, 0.3) is 5.91 Å². The molecule has 1 saturated heterocycles. The molecule has 4 unspecified atom stereocenters. The number of carbonyl (C=O) groups excluding carboxylic acids is 2. The average molecular weight is 506 g/mol. The zero-order valence-corrected chi connectivity index (χ0v) is 20.6. The number of amides is 2. The van der Waals surface area contributed by atoms with Crippen LogP contribution in [-0.4, -0.2) is 70.1 Å². The van der Waals surface area contributed by atoms with E-state index in [1.54, 1.807) is 29.3 Å². The molecule has 2 amide bonds. The molecule has 3 heterocycles. The zero-order chi connectivity index (χ0) is 26.1. The lowest BCUT2D eigenvalue weighted by molar-refractivity contribution is -0.140. The number of benzene rings is 2. The smallest absolute Gasteiger partial charge is 0.255 e. The molecule has 1 aromatic heterocycles. The Balaban J connectivity index is 1.53. The van der Waals surface area contributed by atoms with Crippen molar-refractivity contribution in [2.24, 2.45) is 5.92 Å². The first-order valence-electron chi connectivity index (χ1n) is 11.7. The Morgan fingerprint density at radius 1 is 0.919 bits per heavy atom. The summed E-state index contributed by atoms with van der Waals surface area (Å²) in [6.45, 7) is 0.162. The Morgan fingerprint density at radius 3 is 2.16 bits per heavy atom. The third-order valence-electron chi connectivity index (χ3n) is 6.73. The molecule has 1 N–H and O–H groups in total. The van der Waals surface area contributed by atoms with Crippen LogP contribution in [0.1, 0.15) is 17.2 Å². The van der Waals surface area contributed by atoms with Crippen LogP contribution in [0, 0.1) is 5.92 Å². The SMILES string of the molecule is COc1cc(C(O)C2C=CC3C(=O)N(Cc4ccccc4)C(=O)C3N2n2cnnc2)cc(OC)c1OC. The molecular weight excluding hydrogens is 478 g/mol. The van der Waals surface area contributed by atoms with E-state index in [1.807, 2.05) is 30.3 Å². The van der Waals surface area contributed by atoms with E-state index in [1.165, 1.54) is 43.6 Å². The number of ether oxygens (including phenoxy) is 3. The number of aromatic nitrogens is 3. The number of hydrogen-bond acceptors (Lipinski definition) is 9. The Bertz CT molecular complexity index is 1290. The lowest BCUT2D eigenvalue weighted by atomic mass is 9.90. The van der Waals surface area contributed by atoms with Crippen LogP contribution in [-0.2, 0) is 16.1 Å². The Labute approximate surface area is 213 Å². The molecule has 0 radical (unpaired) electrons. The van der Waals surface area contributed by atoms with Gasteiger partial charge >= 0.3 is 0 Å². The van der Waals surface area contributed by atoms with Crippen molar-refractivity contribution < 1.29 is 28.9 Å². The molecule has 1 fully saturated rings. The third-order valence-corrected chi connectivity index (χ3v) is 6.73. The summed E-state index contributed by atoms with van der Waals surface area (Å²) >= 11 is 0. The number of carbonyl (C=O) groups is 2. The highest BCUT2D eigenvalue weighted by atomic mass is 16.5. The summed E-state index contributed by atoms with van der Waals surface area (Å²) in [5.74, 6) is -0.227. The van der Waals surface area contributed by atoms with Gasteiger partial charge in [-0.3, -0.25) is 19.5 Å². The van der Waals surface area contributed by atoms with Crippen LogP contribution in [0.25, 0.3) is 0 Å². The van der Waals surface area contributed by atoms with E-state index in [2.05, 4.69) is 10.2 Å². The first-order chi connectivity index (χ1) is 18.0. The van der Waals surface area contributed by atoms with Crippen LogP contribution >= 0.6 is 0 Å². The van der Waals surface area contributed by atoms with Gasteiger partial charge in [0, 0.05) is 0 Å². The van der Waals surface area contributed by atoms with E-state index in [4.69, 9.17) is 14.2 Å². The van der Waals surface area contributed by atoms with Crippen LogP contribution < -0.4 is 19.2 Å². The topological polar surface area (TPSA) is 119 Å². The molecule has 37 heavy (non-hydrogen) atoms. The minimum atomic E-state index is -1.14. The molecule has 2 aliphatic heterocycles. The fourth-order valence-corrected chi connectivity index (χ4v) is 4.96. The normalized spacial score (nSPS) is 21.7. The summed E-state index contributed by atoms with van der Waals surface area (Å²) < 4.78 is 17.8. The van der Waals surface area contributed by atoms with Crippen molar-refractivity contribution in [3.63, 3.8) is 0 Å². The maximum Gasteiger partial charge on any atom is 0.255 e. The molecule has 5 rings (SSSR count). The van der Waals surface area contributed by atoms with Crippen LogP contribution in [0.4, 0.5) is 0 Å². The predicted molar refractivity (Wildman–Crippen MR) is 132 cm³/mol. The largest absolute Gasteiger partial charge is 0.493 e. The summed E-state index contributed by atoms with van der Waals surface area (Å²) in [4.78, 5) is 28.3. The van der Waals surface area contributed by atoms with Crippen molar-refractivity contribution in [1.29, 1.82) is 0 Å². The fourth-order valence-electron chi connectivity index (χ4n) is 4.96. The molecule has 2 aromatic carbocycles. The first-order valence-corrected chi connectivity index (χ1v) is 11.7. The van der Waals surface area contributed by atoms with Crippen molar-refractivity contribution >= 4 is 11.8 Å². The fraction of sp³-hybridized carbons (Fsp3) is 0.308. The number of methoxy groups -OCH3 is 3. The molecule has 0 bridgehead atoms. The molecule has 0 spiro atoms. The second-order valence-corrected chi connectivity index (χ2v) is 8.72. The van der Waals surface area contributed by atoms with Gasteiger partial charge in [-0.1, -0.05) is 42.5 Å². The van der Waals surface area contributed by atoms with Gasteiger partial charge in [-0.05, 0) is 23.3 Å². The van der Waals surface area contributed by atoms with Crippen LogP contribution in [0.3, 0.4) is 0 Å². The molecule has 11 nitrogen and oxygen atoms in total. The molecular formula is C26H27N5O6. The van der Waals surface area contributed by atoms with Gasteiger partial charge in [0.05, 0.1) is 39.8 Å². The molecule has 2 aliphatic rings. The Kier molecular flexibility index (Phi) is 6.53. The molecule has 192 valence electrons. The van der Waals surface area contributed by atoms with E-state index in [0.717, 1.165) is 5.56 Å². The van der Waals surface area contributed by atoms with Gasteiger partial charge in [0.2, 0.25) is 11.7 Å². The van der Waals surface area contributed by atoms with Gasteiger partial charge in [0.1, 0.15) is 24.8 Å². The molecule has 4 atom stereocenters. The van der Waals surface area contributed by atoms with Crippen molar-refractivity contribution in [1.82, 2.24) is 19.8 Å². The van der Waals surface area contributed by atoms with Gasteiger partial charge in [0.15, 0.2) is 11.5 Å². The second kappa shape index (κ2) is 9.94. The number of rotatable bonds is 8. The zero-order valence-electron chi connectivity index (χ0n) is 20.6. The molecule has 11 heteroatoms. The summed E-state index contributed by atoms with van der Waals surface area (Å²) in [7, 11) is 4.48. The van der Waals surface area contributed by atoms with E-state index in [9.17, 15) is 14.7 Å². The summed E-state index contributed by atoms with van der Waals surface area (Å²) in [6, 6.07) is 11.0. The number of nitrogens with zero attached hydrogens (tertiary/aromatic N) is 5. The van der Waals surface area contributed by atoms with Crippen molar-refractivity contribution in [2.45, 2.75) is 24.7 Å². The van der Waals surface area contributed by atoms with Crippen molar-refractivity contribution in [3.05, 3.63) is 78.4 Å². The number of fused-ring (bicyclic) bond motifs is 1. The summed E-state index contributed by atoms with van der Waals surface area (Å²) in [6.07, 6.45) is 5.15. The van der Waals surface area contributed by atoms with Gasteiger partial charge in [-0.15, -0.1) is 10.2 Å². The standard InChI is InChI=1S/C26H27N5O6/c1-35-20-11-17(12-21(36-2)24(20)37-3)23(32)19-10-9-18-22(31(19)29-14-27-28-15-29)26(34)30(25(18)33)13-16-7-5-4-6-8-16/h4-12,14-15,18-19,22-23,32H,13H2,1-3H3. The van der Waals surface area contributed by atoms with E-state index in [0.29, 0.717) is 22.8 Å². The van der Waals surface area contributed by atoms with E-state index < -0.39 is 24.1 Å². The number of likely N-dealkylation sites (tertiary alicyclic amines) is 1. The van der Waals surface area contributed by atoms with Crippen LogP contribution in [0.2, 0.25) is 0 Å². The van der Waals surface area contributed by atoms with Crippen LogP contribution in [0.15, 0.2) is 67.3 Å². The molecule has 3 aromatic rings. The minimum Gasteiger partial charge on any atom is -0.493 e. The minimum absolute atomic E-state index is 0.162. The lowest BCUT2D eigenvalue weighted by Crippen LogP contribution is -2.58. The monoisotopic (exact) mass is 505 g/mol. The second-order valence-electron chi connectivity index (χ2n) is 8.72. The third kappa shape index (κ3) is 4.16. The summed E-state index contributed by atoms with van der Waals surface area (Å²) in [5, 5.41) is 21.0. The highest BCUT2D eigenvalue weighted by molar-refractivity contribution is 6.09. The maximum atomic E-state index is 13.7. The molecule has 0 saturated carbocycles. The number of aliphatic hydroxyl groups is 1. The maximum absolute atomic E-state index is 13.7. The highest BCUT2D eigenvalue weighted by Gasteiger charge is 2.53. The van der Waals surface area contributed by atoms with Crippen molar-refractivity contribution in [3.8, 4) is 17.2 Å². The quantitative estimate of drug-likeness (QED) is 0.358. The number of imide groups is 1. The van der Waals surface area contributed by atoms with Gasteiger partial charge in [-0.25, -0.2) is 4.68 Å². The van der Waals surface area contributed by atoms with Gasteiger partial charge < -0.3 is 19.3 Å². The van der Waals surface area contributed by atoms with Crippen LogP contribution in [0.5, 0.6) is 17.2 Å². The van der Waals surface area contributed by atoms with E-state index in [-0.39, 0.29) is 18.4 Å². The predicted octanol–water partition coefficient (Wildman–Crippen LogP) is 1.47. The van der Waals surface area contributed by atoms with Crippen molar-refractivity contribution in [2.75, 3.05) is 26.3 Å². The highest BCUT2D eigenvalue weighted by Crippen LogP contribution is 2.42. The average Bonchev–Trinajstić information content (AvgIpc) is 3.55. The Hall–Kier alpha value is -4.38. The molecule has 0 aliphatic carbocycles. The Morgan fingerprint density at radius 2 is 1.57 bits per heavy atom. The van der Waals surface area contributed by atoms with Gasteiger partial charge in [-0.2, -0.15) is 0 Å². The number of aliphatic hydroxyl groups excluding tert-OH is 1. The number of hydrogen-bond donors (Lipinski definition) is 1. The lowest BCUT2D eigenvalue weighted by Gasteiger charge is -2.41.